The van der Waals surface area contributed by atoms with Crippen molar-refractivity contribution >= 4 is 11.9 Å². The first-order valence-electron chi connectivity index (χ1n) is 5.34. The summed E-state index contributed by atoms with van der Waals surface area (Å²) in [6.45, 7) is 8.31. The summed E-state index contributed by atoms with van der Waals surface area (Å²) in [6, 6.07) is 0. The third-order valence-corrected chi connectivity index (χ3v) is 2.93. The van der Waals surface area contributed by atoms with Crippen LogP contribution in [0.2, 0.25) is 0 Å². The van der Waals surface area contributed by atoms with E-state index in [0.717, 1.165) is 6.42 Å². The second-order valence-corrected chi connectivity index (χ2v) is 4.69. The highest BCUT2D eigenvalue weighted by Gasteiger charge is 2.36. The standard InChI is InChI=1S/C11H19NO3/c1-5-11(3,4)15-10(14)12-6-9(7-12)8(2)13/h9H,5-7H2,1-4H3. The van der Waals surface area contributed by atoms with E-state index in [0.29, 0.717) is 13.1 Å². The quantitative estimate of drug-likeness (QED) is 0.718. The Labute approximate surface area is 90.6 Å². The third kappa shape index (κ3) is 2.94. The largest absolute Gasteiger partial charge is 0.443 e. The minimum absolute atomic E-state index is 0.0160. The lowest BCUT2D eigenvalue weighted by Crippen LogP contribution is -2.54. The van der Waals surface area contributed by atoms with Crippen molar-refractivity contribution in [2.75, 3.05) is 13.1 Å². The summed E-state index contributed by atoms with van der Waals surface area (Å²) < 4.78 is 5.29. The molecule has 0 bridgehead atoms. The second-order valence-electron chi connectivity index (χ2n) is 4.69. The molecule has 1 aliphatic rings. The van der Waals surface area contributed by atoms with Gasteiger partial charge in [0, 0.05) is 13.1 Å². The van der Waals surface area contributed by atoms with Crippen LogP contribution < -0.4 is 0 Å². The van der Waals surface area contributed by atoms with Gasteiger partial charge in [-0.05, 0) is 27.2 Å². The van der Waals surface area contributed by atoms with E-state index in [9.17, 15) is 9.59 Å². The van der Waals surface area contributed by atoms with Crippen LogP contribution in [0.25, 0.3) is 0 Å². The Kier molecular flexibility index (Phi) is 3.37. The number of ketones is 1. The van der Waals surface area contributed by atoms with Crippen molar-refractivity contribution in [2.24, 2.45) is 5.92 Å². The van der Waals surface area contributed by atoms with Gasteiger partial charge in [0.1, 0.15) is 11.4 Å². The minimum atomic E-state index is -0.418. The number of ether oxygens (including phenoxy) is 1. The van der Waals surface area contributed by atoms with E-state index < -0.39 is 5.60 Å². The lowest BCUT2D eigenvalue weighted by atomic mass is 9.97. The maximum atomic E-state index is 11.6. The average molecular weight is 213 g/mol. The molecule has 0 aromatic heterocycles. The van der Waals surface area contributed by atoms with Crippen LogP contribution in [0.5, 0.6) is 0 Å². The predicted octanol–water partition coefficient (Wildman–Crippen LogP) is 1.83. The molecule has 1 rings (SSSR count). The molecule has 86 valence electrons. The number of nitrogens with zero attached hydrogens (tertiary/aromatic N) is 1. The van der Waals surface area contributed by atoms with E-state index in [1.54, 1.807) is 11.8 Å². The Morgan fingerprint density at radius 1 is 1.40 bits per heavy atom. The maximum absolute atomic E-state index is 11.6. The number of carbonyl (C=O) groups is 2. The number of hydrogen-bond acceptors (Lipinski definition) is 3. The molecule has 0 aromatic rings. The van der Waals surface area contributed by atoms with Gasteiger partial charge in [-0.1, -0.05) is 6.92 Å². The van der Waals surface area contributed by atoms with Gasteiger partial charge in [0.25, 0.3) is 0 Å². The zero-order valence-corrected chi connectivity index (χ0v) is 9.87. The molecule has 15 heavy (non-hydrogen) atoms. The summed E-state index contributed by atoms with van der Waals surface area (Å²) in [7, 11) is 0. The SMILES string of the molecule is CCC(C)(C)OC(=O)N1CC(C(C)=O)C1. The maximum Gasteiger partial charge on any atom is 0.410 e. The summed E-state index contributed by atoms with van der Waals surface area (Å²) in [6.07, 6.45) is 0.474. The normalized spacial score (nSPS) is 17.2. The molecule has 0 radical (unpaired) electrons. The fourth-order valence-corrected chi connectivity index (χ4v) is 1.26. The first-order chi connectivity index (χ1) is 6.85. The summed E-state index contributed by atoms with van der Waals surface area (Å²) >= 11 is 0. The third-order valence-electron chi connectivity index (χ3n) is 2.93. The Morgan fingerprint density at radius 3 is 2.33 bits per heavy atom. The fraction of sp³-hybridized carbons (Fsp3) is 0.818. The summed E-state index contributed by atoms with van der Waals surface area (Å²) in [5.41, 5.74) is -0.418. The number of rotatable bonds is 3. The van der Waals surface area contributed by atoms with Crippen LogP contribution in [-0.4, -0.2) is 35.5 Å². The lowest BCUT2D eigenvalue weighted by molar-refractivity contribution is -0.125. The van der Waals surface area contributed by atoms with E-state index in [-0.39, 0.29) is 17.8 Å². The van der Waals surface area contributed by atoms with E-state index in [4.69, 9.17) is 4.74 Å². The molecule has 4 nitrogen and oxygen atoms in total. The van der Waals surface area contributed by atoms with Crippen molar-refractivity contribution in [1.29, 1.82) is 0 Å². The molecule has 1 amide bonds. The summed E-state index contributed by atoms with van der Waals surface area (Å²) in [5.74, 6) is 0.163. The molecule has 1 saturated heterocycles. The van der Waals surface area contributed by atoms with Gasteiger partial charge in [-0.15, -0.1) is 0 Å². The van der Waals surface area contributed by atoms with Crippen LogP contribution in [0.4, 0.5) is 4.79 Å². The molecule has 0 spiro atoms. The number of Topliss-reactive ketones (excluding diaryl/α,β-unsaturated/α-hetero) is 1. The van der Waals surface area contributed by atoms with Crippen molar-refractivity contribution in [1.82, 2.24) is 4.90 Å². The first-order valence-corrected chi connectivity index (χ1v) is 5.34. The predicted molar refractivity (Wildman–Crippen MR) is 56.6 cm³/mol. The number of amides is 1. The summed E-state index contributed by atoms with van der Waals surface area (Å²) in [4.78, 5) is 24.1. The zero-order valence-electron chi connectivity index (χ0n) is 9.87. The Morgan fingerprint density at radius 2 is 1.93 bits per heavy atom. The molecule has 0 saturated carbocycles. The molecule has 0 aliphatic carbocycles. The van der Waals surface area contributed by atoms with Gasteiger partial charge < -0.3 is 9.64 Å². The van der Waals surface area contributed by atoms with Crippen LogP contribution in [0.1, 0.15) is 34.1 Å². The molecule has 4 heteroatoms. The van der Waals surface area contributed by atoms with E-state index >= 15 is 0 Å². The van der Waals surface area contributed by atoms with Gasteiger partial charge in [0.05, 0.1) is 5.92 Å². The van der Waals surface area contributed by atoms with Gasteiger partial charge in [-0.25, -0.2) is 4.79 Å². The molecular weight excluding hydrogens is 194 g/mol. The highest BCUT2D eigenvalue weighted by Crippen LogP contribution is 2.21. The van der Waals surface area contributed by atoms with Crippen molar-refractivity contribution in [2.45, 2.75) is 39.7 Å². The van der Waals surface area contributed by atoms with E-state index in [2.05, 4.69) is 0 Å². The van der Waals surface area contributed by atoms with E-state index in [1.165, 1.54) is 0 Å². The van der Waals surface area contributed by atoms with Crippen LogP contribution in [0.3, 0.4) is 0 Å². The first kappa shape index (κ1) is 12.0. The van der Waals surface area contributed by atoms with E-state index in [1.807, 2.05) is 20.8 Å². The van der Waals surface area contributed by atoms with Crippen molar-refractivity contribution in [3.63, 3.8) is 0 Å². The molecule has 0 N–H and O–H groups in total. The topological polar surface area (TPSA) is 46.6 Å². The van der Waals surface area contributed by atoms with Crippen molar-refractivity contribution in [3.05, 3.63) is 0 Å². The fourth-order valence-electron chi connectivity index (χ4n) is 1.26. The molecule has 1 heterocycles. The highest BCUT2D eigenvalue weighted by atomic mass is 16.6. The average Bonchev–Trinajstić information content (AvgIpc) is 1.99. The van der Waals surface area contributed by atoms with Crippen LogP contribution >= 0.6 is 0 Å². The molecule has 0 unspecified atom stereocenters. The second kappa shape index (κ2) is 4.21. The van der Waals surface area contributed by atoms with Gasteiger partial charge in [-0.2, -0.15) is 0 Å². The highest BCUT2D eigenvalue weighted by molar-refractivity contribution is 5.82. The van der Waals surface area contributed by atoms with Crippen LogP contribution in [-0.2, 0) is 9.53 Å². The smallest absolute Gasteiger partial charge is 0.410 e. The van der Waals surface area contributed by atoms with Crippen LogP contribution in [0, 0.1) is 5.92 Å². The van der Waals surface area contributed by atoms with Gasteiger partial charge in [0.2, 0.25) is 0 Å². The Hall–Kier alpha value is -1.06. The zero-order chi connectivity index (χ0) is 11.6. The number of likely N-dealkylation sites (tertiary alicyclic amines) is 1. The van der Waals surface area contributed by atoms with Gasteiger partial charge in [-0.3, -0.25) is 4.79 Å². The van der Waals surface area contributed by atoms with Crippen LogP contribution in [0.15, 0.2) is 0 Å². The monoisotopic (exact) mass is 213 g/mol. The molecule has 0 aromatic carbocycles. The Balaban J connectivity index is 2.36. The molecule has 1 aliphatic heterocycles. The number of hydrogen-bond donors (Lipinski definition) is 0. The minimum Gasteiger partial charge on any atom is -0.443 e. The molecule has 0 atom stereocenters. The molecule has 1 fully saturated rings. The van der Waals surface area contributed by atoms with Gasteiger partial charge in [0.15, 0.2) is 0 Å². The number of carbonyl (C=O) groups excluding carboxylic acids is 2. The molecular formula is C11H19NO3. The lowest BCUT2D eigenvalue weighted by Gasteiger charge is -2.38. The van der Waals surface area contributed by atoms with Crippen molar-refractivity contribution < 1.29 is 14.3 Å². The summed E-state index contributed by atoms with van der Waals surface area (Å²) in [5, 5.41) is 0. The van der Waals surface area contributed by atoms with Gasteiger partial charge >= 0.3 is 6.09 Å². The Bertz CT molecular complexity index is 267. The van der Waals surface area contributed by atoms with Crippen molar-refractivity contribution in [3.8, 4) is 0 Å².